The van der Waals surface area contributed by atoms with Crippen LogP contribution in [0.25, 0.3) is 0 Å². The van der Waals surface area contributed by atoms with Crippen LogP contribution in [0.15, 0.2) is 22.9 Å². The van der Waals surface area contributed by atoms with Crippen LogP contribution in [0.4, 0.5) is 0 Å². The largest absolute Gasteiger partial charge is 0.468 e. The van der Waals surface area contributed by atoms with E-state index in [0.717, 1.165) is 0 Å². The van der Waals surface area contributed by atoms with Crippen LogP contribution >= 0.6 is 0 Å². The molecular formula is C10H18OSi2. The summed E-state index contributed by atoms with van der Waals surface area (Å²) < 4.78 is 5.90. The Morgan fingerprint density at radius 1 is 1.00 bits per heavy atom. The van der Waals surface area contributed by atoms with Crippen LogP contribution in [0.3, 0.4) is 0 Å². The summed E-state index contributed by atoms with van der Waals surface area (Å²) in [5.74, 6) is 2.57. The molecule has 72 valence electrons. The first-order chi connectivity index (χ1) is 6.24. The molecule has 2 aliphatic heterocycles. The molecule has 13 heavy (non-hydrogen) atoms. The Kier molecular flexibility index (Phi) is 2.74. The van der Waals surface area contributed by atoms with Gasteiger partial charge >= 0.3 is 0 Å². The Morgan fingerprint density at radius 3 is 1.77 bits per heavy atom. The average molecular weight is 210 g/mol. The fraction of sp³-hybridized carbons (Fsp3) is 0.600. The molecule has 3 heteroatoms. The molecule has 0 N–H and O–H groups in total. The Morgan fingerprint density at radius 2 is 1.46 bits per heavy atom. The predicted octanol–water partition coefficient (Wildman–Crippen LogP) is 2.37. The van der Waals surface area contributed by atoms with Crippen molar-refractivity contribution in [3.8, 4) is 0 Å². The molecule has 0 aromatic rings. The zero-order chi connectivity index (χ0) is 9.26. The van der Waals surface area contributed by atoms with E-state index in [1.54, 1.807) is 0 Å². The zero-order valence-electron chi connectivity index (χ0n) is 8.55. The van der Waals surface area contributed by atoms with Gasteiger partial charge in [0.1, 0.15) is 0 Å². The Labute approximate surface area is 83.7 Å². The maximum atomic E-state index is 5.90. The third-order valence-corrected chi connectivity index (χ3v) is 7.18. The second-order valence-electron chi connectivity index (χ2n) is 4.40. The first-order valence-corrected chi connectivity index (χ1v) is 10.6. The molecule has 0 aliphatic carbocycles. The second-order valence-corrected chi connectivity index (χ2v) is 10.1. The fourth-order valence-electron chi connectivity index (χ4n) is 2.05. The molecule has 0 saturated heterocycles. The Hall–Kier alpha value is -0.286. The van der Waals surface area contributed by atoms with E-state index in [2.05, 4.69) is 24.5 Å². The fourth-order valence-corrected chi connectivity index (χ4v) is 5.60. The van der Waals surface area contributed by atoms with Gasteiger partial charge in [-0.05, 0) is 12.1 Å². The average Bonchev–Trinajstić information content (AvgIpc) is 2.62. The quantitative estimate of drug-likeness (QED) is 0.636. The van der Waals surface area contributed by atoms with Crippen molar-refractivity contribution in [2.24, 2.45) is 0 Å². The predicted molar refractivity (Wildman–Crippen MR) is 62.1 cm³/mol. The van der Waals surface area contributed by atoms with Gasteiger partial charge in [-0.1, -0.05) is 24.5 Å². The van der Waals surface area contributed by atoms with Gasteiger partial charge in [0.15, 0.2) is 0 Å². The molecule has 2 atom stereocenters. The highest BCUT2D eigenvalue weighted by Gasteiger charge is 2.18. The molecule has 2 unspecified atom stereocenters. The summed E-state index contributed by atoms with van der Waals surface area (Å²) in [7, 11) is -0.973. The first-order valence-electron chi connectivity index (χ1n) is 5.33. The van der Waals surface area contributed by atoms with Gasteiger partial charge in [-0.15, -0.1) is 0 Å². The maximum Gasteiger partial charge on any atom is 0.0952 e. The number of hydrogen-bond donors (Lipinski definition) is 0. The van der Waals surface area contributed by atoms with Crippen LogP contribution in [0, 0.1) is 0 Å². The Bertz CT molecular complexity index is 232. The van der Waals surface area contributed by atoms with Gasteiger partial charge in [0.25, 0.3) is 0 Å². The first kappa shape index (κ1) is 9.28. The molecule has 2 aliphatic rings. The van der Waals surface area contributed by atoms with Crippen LogP contribution < -0.4 is 0 Å². The van der Waals surface area contributed by atoms with Crippen LogP contribution in [-0.4, -0.2) is 17.6 Å². The van der Waals surface area contributed by atoms with Crippen molar-refractivity contribution >= 4 is 17.6 Å². The van der Waals surface area contributed by atoms with Crippen molar-refractivity contribution in [2.45, 2.75) is 38.0 Å². The summed E-state index contributed by atoms with van der Waals surface area (Å²) in [5.41, 5.74) is 4.84. The van der Waals surface area contributed by atoms with Crippen molar-refractivity contribution in [3.63, 3.8) is 0 Å². The highest BCUT2D eigenvalue weighted by molar-refractivity contribution is 6.64. The van der Waals surface area contributed by atoms with Gasteiger partial charge in [-0.25, -0.2) is 0 Å². The minimum atomic E-state index is -0.486. The molecule has 0 amide bonds. The lowest BCUT2D eigenvalue weighted by Gasteiger charge is -2.06. The third kappa shape index (κ3) is 2.34. The van der Waals surface area contributed by atoms with Gasteiger partial charge in [0, 0.05) is 12.8 Å². The molecule has 2 heterocycles. The summed E-state index contributed by atoms with van der Waals surface area (Å²) >= 11 is 0. The number of ether oxygens (including phenoxy) is 1. The minimum Gasteiger partial charge on any atom is -0.468 e. The van der Waals surface area contributed by atoms with Crippen LogP contribution in [0.5, 0.6) is 0 Å². The van der Waals surface area contributed by atoms with Gasteiger partial charge in [0.05, 0.1) is 29.1 Å². The van der Waals surface area contributed by atoms with Gasteiger partial charge in [-0.2, -0.15) is 0 Å². The summed E-state index contributed by atoms with van der Waals surface area (Å²) in [6.07, 6.45) is 2.42. The minimum absolute atomic E-state index is 0.486. The van der Waals surface area contributed by atoms with Crippen LogP contribution in [-0.2, 0) is 4.74 Å². The van der Waals surface area contributed by atoms with Crippen molar-refractivity contribution in [1.82, 2.24) is 0 Å². The van der Waals surface area contributed by atoms with Crippen LogP contribution in [0.2, 0.25) is 25.2 Å². The molecule has 0 bridgehead atoms. The second kappa shape index (κ2) is 3.84. The van der Waals surface area contributed by atoms with Gasteiger partial charge in [-0.3, -0.25) is 0 Å². The molecule has 1 nitrogen and oxygen atoms in total. The summed E-state index contributed by atoms with van der Waals surface area (Å²) in [6, 6.07) is 2.82. The molecular weight excluding hydrogens is 192 g/mol. The lowest BCUT2D eigenvalue weighted by molar-refractivity contribution is 0.290. The summed E-state index contributed by atoms with van der Waals surface area (Å²) in [5, 5.41) is 0. The van der Waals surface area contributed by atoms with E-state index in [0.29, 0.717) is 0 Å². The van der Waals surface area contributed by atoms with E-state index in [1.807, 2.05) is 0 Å². The third-order valence-electron chi connectivity index (χ3n) is 2.90. The number of rotatable bonds is 2. The molecule has 0 fully saturated rings. The summed E-state index contributed by atoms with van der Waals surface area (Å²) in [4.78, 5) is 0. The maximum absolute atomic E-state index is 5.90. The van der Waals surface area contributed by atoms with E-state index in [4.69, 9.17) is 4.74 Å². The molecule has 0 aromatic carbocycles. The normalized spacial score (nSPS) is 33.1. The number of hydrogen-bond acceptors (Lipinski definition) is 1. The zero-order valence-corrected chi connectivity index (χ0v) is 10.9. The highest BCUT2D eigenvalue weighted by Crippen LogP contribution is 2.27. The topological polar surface area (TPSA) is 9.23 Å². The molecule has 0 saturated carbocycles. The van der Waals surface area contributed by atoms with E-state index in [-0.39, 0.29) is 0 Å². The number of allylic oxidation sites excluding steroid dienone is 2. The van der Waals surface area contributed by atoms with Crippen molar-refractivity contribution in [1.29, 1.82) is 0 Å². The smallest absolute Gasteiger partial charge is 0.0952 e. The van der Waals surface area contributed by atoms with E-state index in [1.165, 1.54) is 36.4 Å². The van der Waals surface area contributed by atoms with Crippen LogP contribution in [0.1, 0.15) is 12.8 Å². The van der Waals surface area contributed by atoms with E-state index < -0.39 is 17.6 Å². The standard InChI is InChI=1S/C10H18OSi2/c1-12-5-3-9(7-12)11-10-4-6-13(2)8-10/h7-8,12-13H,3-6H2,1-2H3. The van der Waals surface area contributed by atoms with Gasteiger partial charge in [0.2, 0.25) is 0 Å². The van der Waals surface area contributed by atoms with E-state index >= 15 is 0 Å². The van der Waals surface area contributed by atoms with E-state index in [9.17, 15) is 0 Å². The lowest BCUT2D eigenvalue weighted by atomic mass is 10.4. The molecule has 0 aromatic heterocycles. The van der Waals surface area contributed by atoms with Crippen molar-refractivity contribution < 1.29 is 4.74 Å². The van der Waals surface area contributed by atoms with Gasteiger partial charge < -0.3 is 4.74 Å². The highest BCUT2D eigenvalue weighted by atomic mass is 28.3. The summed E-state index contributed by atoms with van der Waals surface area (Å²) in [6.45, 7) is 4.80. The lowest BCUT2D eigenvalue weighted by Crippen LogP contribution is -1.94. The SMILES string of the molecule is C[SiH]1C=C(OC2=C[SiH](C)CC2)CC1. The molecule has 0 spiro atoms. The Balaban J connectivity index is 1.92. The molecule has 0 radical (unpaired) electrons. The monoisotopic (exact) mass is 210 g/mol. The van der Waals surface area contributed by atoms with Crippen molar-refractivity contribution in [3.05, 3.63) is 22.9 Å². The molecule has 2 rings (SSSR count). The van der Waals surface area contributed by atoms with Crippen molar-refractivity contribution in [2.75, 3.05) is 0 Å².